The van der Waals surface area contributed by atoms with Crippen molar-refractivity contribution < 1.29 is 27.5 Å². The Kier molecular flexibility index (Phi) is 6.26. The molecule has 2 aromatic heterocycles. The number of nitrogens with zero attached hydrogens (tertiary/aromatic N) is 4. The molecule has 0 saturated carbocycles. The van der Waals surface area contributed by atoms with Crippen molar-refractivity contribution in [2.45, 2.75) is 19.8 Å². The van der Waals surface area contributed by atoms with E-state index in [1.165, 1.54) is 47.5 Å². The van der Waals surface area contributed by atoms with Crippen LogP contribution < -0.4 is 10.1 Å². The van der Waals surface area contributed by atoms with Gasteiger partial charge in [-0.1, -0.05) is 12.1 Å². The molecule has 0 saturated heterocycles. The quantitative estimate of drug-likeness (QED) is 0.449. The van der Waals surface area contributed by atoms with Crippen LogP contribution in [0.3, 0.4) is 0 Å². The van der Waals surface area contributed by atoms with Gasteiger partial charge in [0, 0.05) is 18.4 Å². The molecule has 1 aromatic carbocycles. The fraction of sp³-hybridized carbons (Fsp3) is 0.167. The third kappa shape index (κ3) is 6.24. The van der Waals surface area contributed by atoms with Crippen LogP contribution in [-0.2, 0) is 11.3 Å². The first kappa shape index (κ1) is 21.2. The van der Waals surface area contributed by atoms with Crippen molar-refractivity contribution in [3.8, 4) is 5.75 Å². The monoisotopic (exact) mass is 437 g/mol. The number of amides is 1. The van der Waals surface area contributed by atoms with Crippen molar-refractivity contribution in [1.82, 2.24) is 20.0 Å². The number of ether oxygens (including phenoxy) is 1. The van der Waals surface area contributed by atoms with E-state index in [0.29, 0.717) is 16.3 Å². The molecular formula is C18H14F3N5O3S. The highest BCUT2D eigenvalue weighted by atomic mass is 32.1. The summed E-state index contributed by atoms with van der Waals surface area (Å²) in [6, 6.07) is 5.20. The van der Waals surface area contributed by atoms with E-state index < -0.39 is 12.3 Å². The number of carbonyl (C=O) groups is 2. The molecule has 0 aliphatic carbocycles. The van der Waals surface area contributed by atoms with E-state index in [0.717, 1.165) is 18.2 Å². The Morgan fingerprint density at radius 3 is 2.83 bits per heavy atom. The molecule has 3 rings (SSSR count). The first-order chi connectivity index (χ1) is 14.2. The molecule has 0 atom stereocenters. The van der Waals surface area contributed by atoms with Crippen LogP contribution in [0, 0.1) is 0 Å². The maximum absolute atomic E-state index is 12.3. The number of anilines is 1. The highest BCUT2D eigenvalue weighted by Gasteiger charge is 2.31. The third-order valence-corrected chi connectivity index (χ3v) is 4.33. The van der Waals surface area contributed by atoms with Gasteiger partial charge in [0.05, 0.1) is 6.20 Å². The zero-order valence-corrected chi connectivity index (χ0v) is 16.2. The Morgan fingerprint density at radius 1 is 1.33 bits per heavy atom. The van der Waals surface area contributed by atoms with Gasteiger partial charge in [-0.2, -0.15) is 9.90 Å². The summed E-state index contributed by atoms with van der Waals surface area (Å²) in [5.74, 6) is -0.885. The average Bonchev–Trinajstić information content (AvgIpc) is 3.29. The fourth-order valence-electron chi connectivity index (χ4n) is 2.25. The summed E-state index contributed by atoms with van der Waals surface area (Å²) >= 11 is 1.29. The Hall–Kier alpha value is -3.54. The van der Waals surface area contributed by atoms with Crippen LogP contribution in [0.2, 0.25) is 0 Å². The van der Waals surface area contributed by atoms with Crippen LogP contribution in [-0.4, -0.2) is 38.0 Å². The Balaban J connectivity index is 1.57. The lowest BCUT2D eigenvalue weighted by Gasteiger charge is -2.08. The molecule has 0 spiro atoms. The van der Waals surface area contributed by atoms with Gasteiger partial charge >= 0.3 is 6.36 Å². The van der Waals surface area contributed by atoms with Crippen LogP contribution in [0.1, 0.15) is 28.0 Å². The lowest BCUT2D eigenvalue weighted by atomic mass is 10.2. The minimum absolute atomic E-state index is 0.138. The number of aromatic nitrogens is 4. The molecule has 2 heterocycles. The summed E-state index contributed by atoms with van der Waals surface area (Å²) in [7, 11) is 0. The Bertz CT molecular complexity index is 1090. The number of halogens is 3. The zero-order valence-electron chi connectivity index (χ0n) is 15.4. The first-order valence-corrected chi connectivity index (χ1v) is 9.26. The normalized spacial score (nSPS) is 11.6. The number of nitrogens with one attached hydrogen (secondary N) is 1. The molecule has 0 aliphatic rings. The van der Waals surface area contributed by atoms with E-state index in [-0.39, 0.29) is 23.9 Å². The van der Waals surface area contributed by atoms with E-state index in [1.807, 2.05) is 0 Å². The minimum atomic E-state index is -4.79. The van der Waals surface area contributed by atoms with Crippen molar-refractivity contribution in [2.75, 3.05) is 5.32 Å². The van der Waals surface area contributed by atoms with E-state index in [4.69, 9.17) is 0 Å². The molecule has 156 valence electrons. The van der Waals surface area contributed by atoms with Crippen molar-refractivity contribution in [2.24, 2.45) is 0 Å². The second-order valence-corrected chi connectivity index (χ2v) is 6.83. The van der Waals surface area contributed by atoms with Gasteiger partial charge in [0.15, 0.2) is 11.6 Å². The second-order valence-electron chi connectivity index (χ2n) is 5.89. The molecule has 0 bridgehead atoms. The molecule has 30 heavy (non-hydrogen) atoms. The van der Waals surface area contributed by atoms with Gasteiger partial charge in [-0.3, -0.25) is 9.59 Å². The summed E-state index contributed by atoms with van der Waals surface area (Å²) in [4.78, 5) is 28.7. The number of hydrogen-bond donors (Lipinski definition) is 1. The number of thiazole rings is 1. The second kappa shape index (κ2) is 8.86. The van der Waals surface area contributed by atoms with Crippen molar-refractivity contribution in [1.29, 1.82) is 0 Å². The molecule has 3 aromatic rings. The van der Waals surface area contributed by atoms with Gasteiger partial charge < -0.3 is 10.1 Å². The predicted molar refractivity (Wildman–Crippen MR) is 102 cm³/mol. The summed E-state index contributed by atoms with van der Waals surface area (Å²) < 4.78 is 40.6. The van der Waals surface area contributed by atoms with Crippen molar-refractivity contribution >= 4 is 34.9 Å². The maximum Gasteiger partial charge on any atom is 0.573 e. The van der Waals surface area contributed by atoms with Gasteiger partial charge in [-0.15, -0.1) is 29.6 Å². The molecule has 0 unspecified atom stereocenters. The third-order valence-electron chi connectivity index (χ3n) is 3.50. The largest absolute Gasteiger partial charge is 0.573 e. The Morgan fingerprint density at radius 2 is 2.13 bits per heavy atom. The number of alkyl halides is 3. The molecule has 0 fully saturated rings. The van der Waals surface area contributed by atoms with E-state index in [9.17, 15) is 22.8 Å². The number of carbonyl (C=O) groups excluding carboxylic acids is 2. The van der Waals surface area contributed by atoms with Gasteiger partial charge in [0.2, 0.25) is 5.91 Å². The molecule has 12 heteroatoms. The molecule has 8 nitrogen and oxygen atoms in total. The fourth-order valence-corrected chi connectivity index (χ4v) is 3.06. The number of rotatable bonds is 7. The van der Waals surface area contributed by atoms with Crippen LogP contribution in [0.25, 0.3) is 6.08 Å². The van der Waals surface area contributed by atoms with Crippen LogP contribution in [0.5, 0.6) is 5.75 Å². The van der Waals surface area contributed by atoms with E-state index >= 15 is 0 Å². The number of benzene rings is 1. The number of ketones is 1. The topological polar surface area (TPSA) is 99.0 Å². The van der Waals surface area contributed by atoms with Crippen molar-refractivity contribution in [3.63, 3.8) is 0 Å². The smallest absolute Gasteiger partial charge is 0.406 e. The summed E-state index contributed by atoms with van der Waals surface area (Å²) in [5.41, 5.74) is 0.714. The maximum atomic E-state index is 12.3. The molecule has 0 radical (unpaired) electrons. The van der Waals surface area contributed by atoms with Crippen LogP contribution >= 0.6 is 11.3 Å². The SMILES string of the molecule is CC(=O)c1csc(Cn2ncc(NC(=O)/C=C/c3cccc(OC(F)(F)F)c3)n2)n1. The first-order valence-electron chi connectivity index (χ1n) is 8.38. The molecule has 0 aliphatic heterocycles. The molecule has 1 N–H and O–H groups in total. The van der Waals surface area contributed by atoms with Gasteiger partial charge in [-0.25, -0.2) is 4.98 Å². The van der Waals surface area contributed by atoms with E-state index in [2.05, 4.69) is 25.2 Å². The minimum Gasteiger partial charge on any atom is -0.406 e. The highest BCUT2D eigenvalue weighted by Crippen LogP contribution is 2.23. The van der Waals surface area contributed by atoms with Gasteiger partial charge in [0.1, 0.15) is 23.0 Å². The standard InChI is InChI=1S/C18H14F3N5O3S/c1-11(27)14-10-30-17(23-14)9-26-22-8-15(25-26)24-16(28)6-5-12-3-2-4-13(7-12)29-18(19,20)21/h2-8,10H,9H2,1H3,(H,24,25,28)/b6-5+. The van der Waals surface area contributed by atoms with Gasteiger partial charge in [0.25, 0.3) is 0 Å². The summed E-state index contributed by atoms with van der Waals surface area (Å²) in [6.07, 6.45) is -0.978. The average molecular weight is 437 g/mol. The summed E-state index contributed by atoms with van der Waals surface area (Å²) in [6.45, 7) is 1.65. The van der Waals surface area contributed by atoms with Gasteiger partial charge in [-0.05, 0) is 23.8 Å². The molecule has 1 amide bonds. The lowest BCUT2D eigenvalue weighted by molar-refractivity contribution is -0.274. The predicted octanol–water partition coefficient (Wildman–Crippen LogP) is 3.54. The Labute approximate surface area is 172 Å². The lowest BCUT2D eigenvalue weighted by Crippen LogP contribution is -2.17. The van der Waals surface area contributed by atoms with E-state index in [1.54, 1.807) is 5.38 Å². The summed E-state index contributed by atoms with van der Waals surface area (Å²) in [5, 5.41) is 12.9. The van der Waals surface area contributed by atoms with Crippen LogP contribution in [0.4, 0.5) is 19.0 Å². The highest BCUT2D eigenvalue weighted by molar-refractivity contribution is 7.09. The van der Waals surface area contributed by atoms with Crippen LogP contribution in [0.15, 0.2) is 41.9 Å². The van der Waals surface area contributed by atoms with Crippen molar-refractivity contribution in [3.05, 3.63) is 58.2 Å². The molecular weight excluding hydrogens is 423 g/mol. The number of Topliss-reactive ketones (excluding diaryl/α,β-unsaturated/α-hetero) is 1. The number of hydrogen-bond acceptors (Lipinski definition) is 7. The zero-order chi connectivity index (χ0) is 21.7.